The highest BCUT2D eigenvalue weighted by atomic mass is 35.5. The number of halogens is 2. The van der Waals surface area contributed by atoms with Gasteiger partial charge in [-0.05, 0) is 30.2 Å². The fraction of sp³-hybridized carbons (Fsp3) is 0.316. The molecule has 2 aromatic carbocycles. The smallest absolute Gasteiger partial charge is 0.238 e. The predicted molar refractivity (Wildman–Crippen MR) is 101 cm³/mol. The van der Waals surface area contributed by atoms with Crippen LogP contribution in [0, 0.1) is 12.7 Å². The summed E-state index contributed by atoms with van der Waals surface area (Å²) in [6.45, 7) is 3.41. The summed E-state index contributed by atoms with van der Waals surface area (Å²) in [7, 11) is 0. The van der Waals surface area contributed by atoms with Crippen LogP contribution in [0.3, 0.4) is 0 Å². The van der Waals surface area contributed by atoms with E-state index in [1.165, 1.54) is 11.6 Å². The van der Waals surface area contributed by atoms with Crippen LogP contribution in [0.5, 0.6) is 0 Å². The second-order valence-corrected chi connectivity index (χ2v) is 6.41. The average Bonchev–Trinajstić information content (AvgIpc) is 2.91. The van der Waals surface area contributed by atoms with Crippen molar-refractivity contribution in [2.24, 2.45) is 5.73 Å². The molecule has 6 heteroatoms. The molecule has 1 aliphatic heterocycles. The van der Waals surface area contributed by atoms with Crippen LogP contribution in [-0.2, 0) is 4.79 Å². The highest BCUT2D eigenvalue weighted by Gasteiger charge is 2.32. The van der Waals surface area contributed by atoms with E-state index in [1.807, 2.05) is 30.0 Å². The maximum absolute atomic E-state index is 13.8. The second-order valence-electron chi connectivity index (χ2n) is 6.41. The first-order valence-electron chi connectivity index (χ1n) is 8.12. The van der Waals surface area contributed by atoms with Gasteiger partial charge in [0.05, 0.1) is 12.2 Å². The highest BCUT2D eigenvalue weighted by molar-refractivity contribution is 5.92. The van der Waals surface area contributed by atoms with Crippen molar-refractivity contribution >= 4 is 24.0 Å². The van der Waals surface area contributed by atoms with E-state index in [1.54, 1.807) is 12.1 Å². The summed E-state index contributed by atoms with van der Waals surface area (Å²) in [6, 6.07) is 14.9. The number of nitrogens with two attached hydrogens (primary N) is 1. The number of aryl methyl sites for hydroxylation is 1. The van der Waals surface area contributed by atoms with Gasteiger partial charge in [-0.2, -0.15) is 0 Å². The van der Waals surface area contributed by atoms with Crippen molar-refractivity contribution in [2.45, 2.75) is 18.9 Å². The van der Waals surface area contributed by atoms with E-state index in [0.717, 1.165) is 12.1 Å². The summed E-state index contributed by atoms with van der Waals surface area (Å²) in [5.41, 5.74) is 8.47. The monoisotopic (exact) mass is 363 g/mol. The predicted octanol–water partition coefficient (Wildman–Crippen LogP) is 2.92. The molecular weight excluding hydrogens is 341 g/mol. The topological polar surface area (TPSA) is 58.4 Å². The molecule has 1 aliphatic rings. The summed E-state index contributed by atoms with van der Waals surface area (Å²) >= 11 is 0. The Morgan fingerprint density at radius 2 is 1.96 bits per heavy atom. The molecule has 1 saturated heterocycles. The number of hydrogen-bond donors (Lipinski definition) is 2. The Kier molecular flexibility index (Phi) is 6.53. The number of hydrogen-bond acceptors (Lipinski definition) is 3. The van der Waals surface area contributed by atoms with E-state index in [2.05, 4.69) is 17.4 Å². The molecule has 0 bridgehead atoms. The van der Waals surface area contributed by atoms with Crippen molar-refractivity contribution in [1.29, 1.82) is 0 Å². The molecular formula is C19H23ClFN3O. The van der Waals surface area contributed by atoms with Crippen molar-refractivity contribution in [3.05, 3.63) is 65.5 Å². The summed E-state index contributed by atoms with van der Waals surface area (Å²) in [5, 5.41) is 2.64. The maximum Gasteiger partial charge on any atom is 0.238 e. The number of carbonyl (C=O) groups excluding carboxylic acids is 1. The SMILES string of the molecule is Cc1ccc(NC(=O)CN2C[C@@H](N)[C@H](c3ccccc3)C2)c(F)c1.Cl. The molecule has 0 saturated carbocycles. The first-order valence-corrected chi connectivity index (χ1v) is 8.12. The fourth-order valence-corrected chi connectivity index (χ4v) is 3.21. The molecule has 3 rings (SSSR count). The summed E-state index contributed by atoms with van der Waals surface area (Å²) in [6.07, 6.45) is 0. The van der Waals surface area contributed by atoms with Gasteiger partial charge in [0, 0.05) is 25.0 Å². The molecule has 0 spiro atoms. The highest BCUT2D eigenvalue weighted by Crippen LogP contribution is 2.26. The third-order valence-electron chi connectivity index (χ3n) is 4.43. The molecule has 2 aromatic rings. The van der Waals surface area contributed by atoms with Crippen LogP contribution >= 0.6 is 12.4 Å². The van der Waals surface area contributed by atoms with Crippen LogP contribution in [0.2, 0.25) is 0 Å². The Morgan fingerprint density at radius 1 is 1.24 bits per heavy atom. The van der Waals surface area contributed by atoms with E-state index in [0.29, 0.717) is 6.54 Å². The standard InChI is InChI=1S/C19H22FN3O.ClH/c1-13-7-8-18(16(20)9-13)22-19(24)12-23-10-15(17(21)11-23)14-5-3-2-4-6-14;/h2-9,15,17H,10-12,21H2,1H3,(H,22,24);1H/t15-,17+;/m0./s1. The third-order valence-corrected chi connectivity index (χ3v) is 4.43. The Labute approximate surface area is 153 Å². The van der Waals surface area contributed by atoms with Crippen molar-refractivity contribution < 1.29 is 9.18 Å². The average molecular weight is 364 g/mol. The second kappa shape index (κ2) is 8.43. The van der Waals surface area contributed by atoms with Crippen LogP contribution in [0.25, 0.3) is 0 Å². The van der Waals surface area contributed by atoms with Gasteiger partial charge in [-0.1, -0.05) is 36.4 Å². The van der Waals surface area contributed by atoms with Gasteiger partial charge >= 0.3 is 0 Å². The molecule has 4 nitrogen and oxygen atoms in total. The zero-order valence-corrected chi connectivity index (χ0v) is 14.9. The molecule has 2 atom stereocenters. The van der Waals surface area contributed by atoms with Gasteiger partial charge in [0.2, 0.25) is 5.91 Å². The largest absolute Gasteiger partial charge is 0.326 e. The zero-order valence-electron chi connectivity index (χ0n) is 14.1. The number of anilines is 1. The van der Waals surface area contributed by atoms with Crippen LogP contribution in [0.15, 0.2) is 48.5 Å². The molecule has 0 radical (unpaired) electrons. The molecule has 3 N–H and O–H groups in total. The number of benzene rings is 2. The lowest BCUT2D eigenvalue weighted by Gasteiger charge is -2.16. The Balaban J connectivity index is 0.00000225. The van der Waals surface area contributed by atoms with Crippen molar-refractivity contribution in [1.82, 2.24) is 4.90 Å². The van der Waals surface area contributed by atoms with Crippen molar-refractivity contribution in [2.75, 3.05) is 25.0 Å². The van der Waals surface area contributed by atoms with Gasteiger partial charge in [0.25, 0.3) is 0 Å². The molecule has 0 aromatic heterocycles. The molecule has 0 unspecified atom stereocenters. The van der Waals surface area contributed by atoms with Crippen LogP contribution < -0.4 is 11.1 Å². The lowest BCUT2D eigenvalue weighted by molar-refractivity contribution is -0.117. The number of rotatable bonds is 4. The molecule has 1 amide bonds. The fourth-order valence-electron chi connectivity index (χ4n) is 3.21. The number of nitrogens with one attached hydrogen (secondary N) is 1. The first-order chi connectivity index (χ1) is 11.5. The van der Waals surface area contributed by atoms with E-state index in [-0.39, 0.29) is 42.5 Å². The van der Waals surface area contributed by atoms with Crippen LogP contribution in [0.1, 0.15) is 17.0 Å². The Morgan fingerprint density at radius 3 is 2.64 bits per heavy atom. The van der Waals surface area contributed by atoms with Crippen molar-refractivity contribution in [3.8, 4) is 0 Å². The van der Waals surface area contributed by atoms with Gasteiger partial charge in [-0.25, -0.2) is 4.39 Å². The van der Waals surface area contributed by atoms with E-state index < -0.39 is 5.82 Å². The first kappa shape index (κ1) is 19.4. The number of amides is 1. The van der Waals surface area contributed by atoms with Crippen molar-refractivity contribution in [3.63, 3.8) is 0 Å². The minimum atomic E-state index is -0.413. The van der Waals surface area contributed by atoms with Crippen LogP contribution in [-0.4, -0.2) is 36.5 Å². The Hall–Kier alpha value is -1.95. The minimum Gasteiger partial charge on any atom is -0.326 e. The lowest BCUT2D eigenvalue weighted by Crippen LogP contribution is -2.33. The quantitative estimate of drug-likeness (QED) is 0.878. The maximum atomic E-state index is 13.8. The van der Waals surface area contributed by atoms with Gasteiger partial charge in [-0.3, -0.25) is 9.69 Å². The van der Waals surface area contributed by atoms with E-state index in [4.69, 9.17) is 5.73 Å². The molecule has 0 aliphatic carbocycles. The molecule has 25 heavy (non-hydrogen) atoms. The lowest BCUT2D eigenvalue weighted by atomic mass is 9.95. The summed E-state index contributed by atoms with van der Waals surface area (Å²) in [5.74, 6) is -0.419. The van der Waals surface area contributed by atoms with E-state index >= 15 is 0 Å². The summed E-state index contributed by atoms with van der Waals surface area (Å²) in [4.78, 5) is 14.2. The number of nitrogens with zero attached hydrogens (tertiary/aromatic N) is 1. The summed E-state index contributed by atoms with van der Waals surface area (Å²) < 4.78 is 13.8. The van der Waals surface area contributed by atoms with Crippen LogP contribution in [0.4, 0.5) is 10.1 Å². The third kappa shape index (κ3) is 4.78. The zero-order chi connectivity index (χ0) is 17.1. The Bertz CT molecular complexity index is 726. The molecule has 1 heterocycles. The number of likely N-dealkylation sites (tertiary alicyclic amines) is 1. The van der Waals surface area contributed by atoms with Gasteiger partial charge in [0.15, 0.2) is 0 Å². The van der Waals surface area contributed by atoms with Gasteiger partial charge in [-0.15, -0.1) is 12.4 Å². The normalized spacial score (nSPS) is 20.1. The molecule has 1 fully saturated rings. The number of carbonyl (C=O) groups is 1. The van der Waals surface area contributed by atoms with Gasteiger partial charge in [0.1, 0.15) is 5.82 Å². The minimum absolute atomic E-state index is 0. The molecule has 134 valence electrons. The van der Waals surface area contributed by atoms with Gasteiger partial charge < -0.3 is 11.1 Å². The van der Waals surface area contributed by atoms with E-state index in [9.17, 15) is 9.18 Å².